The molecule has 1 aromatic heterocycles. The summed E-state index contributed by atoms with van der Waals surface area (Å²) in [4.78, 5) is 0. The zero-order valence-electron chi connectivity index (χ0n) is 14.1. The maximum atomic E-state index is 10.9. The normalized spacial score (nSPS) is 51.0. The second-order valence-corrected chi connectivity index (χ2v) is 9.23. The first kappa shape index (κ1) is 14.5. The molecule has 1 heterocycles. The molecule has 126 valence electrons. The summed E-state index contributed by atoms with van der Waals surface area (Å²) in [6.45, 7) is 2.45. The van der Waals surface area contributed by atoms with Crippen molar-refractivity contribution in [1.29, 1.82) is 0 Å². The lowest BCUT2D eigenvalue weighted by Gasteiger charge is -2.59. The van der Waals surface area contributed by atoms with Crippen LogP contribution in [0.2, 0.25) is 0 Å². The summed E-state index contributed by atoms with van der Waals surface area (Å²) in [7, 11) is 0. The topological polar surface area (TPSA) is 53.6 Å². The second kappa shape index (κ2) is 4.43. The summed E-state index contributed by atoms with van der Waals surface area (Å²) < 4.78 is 5.72. The Morgan fingerprint density at radius 2 is 2.13 bits per heavy atom. The molecule has 2 N–H and O–H groups in total. The van der Waals surface area contributed by atoms with E-state index in [1.807, 2.05) is 6.26 Å². The highest BCUT2D eigenvalue weighted by Crippen LogP contribution is 2.71. The van der Waals surface area contributed by atoms with Crippen LogP contribution in [0.3, 0.4) is 0 Å². The summed E-state index contributed by atoms with van der Waals surface area (Å²) in [6.07, 6.45) is 10.9. The number of aliphatic hydroxyl groups excluding tert-OH is 1. The van der Waals surface area contributed by atoms with E-state index in [0.717, 1.165) is 25.7 Å². The van der Waals surface area contributed by atoms with Crippen molar-refractivity contribution < 1.29 is 14.6 Å². The van der Waals surface area contributed by atoms with Gasteiger partial charge in [-0.15, -0.1) is 0 Å². The minimum atomic E-state index is -0.812. The van der Waals surface area contributed by atoms with Gasteiger partial charge >= 0.3 is 0 Å². The average molecular weight is 316 g/mol. The number of aliphatic hydroxyl groups is 2. The van der Waals surface area contributed by atoms with Crippen LogP contribution >= 0.6 is 0 Å². The molecule has 23 heavy (non-hydrogen) atoms. The van der Waals surface area contributed by atoms with Crippen molar-refractivity contribution in [2.75, 3.05) is 6.61 Å². The molecular formula is C20H28O3. The van der Waals surface area contributed by atoms with Crippen LogP contribution in [0.15, 0.2) is 16.7 Å². The molecule has 4 aliphatic rings. The van der Waals surface area contributed by atoms with Crippen LogP contribution in [0.1, 0.15) is 69.1 Å². The number of hydrogen-bond acceptors (Lipinski definition) is 3. The molecule has 6 atom stereocenters. The van der Waals surface area contributed by atoms with Gasteiger partial charge in [-0.1, -0.05) is 6.92 Å². The van der Waals surface area contributed by atoms with Gasteiger partial charge in [0.2, 0.25) is 0 Å². The quantitative estimate of drug-likeness (QED) is 0.831. The van der Waals surface area contributed by atoms with Gasteiger partial charge in [0.1, 0.15) is 5.76 Å². The smallest absolute Gasteiger partial charge is 0.107 e. The first-order valence-corrected chi connectivity index (χ1v) is 9.40. The summed E-state index contributed by atoms with van der Waals surface area (Å²) in [6, 6.07) is 2.21. The molecular weight excluding hydrogens is 288 g/mol. The van der Waals surface area contributed by atoms with E-state index in [1.165, 1.54) is 37.0 Å². The van der Waals surface area contributed by atoms with E-state index in [-0.39, 0.29) is 12.0 Å². The molecule has 3 nitrogen and oxygen atoms in total. The van der Waals surface area contributed by atoms with Crippen molar-refractivity contribution in [3.63, 3.8) is 0 Å². The van der Waals surface area contributed by atoms with Gasteiger partial charge in [-0.05, 0) is 85.2 Å². The SMILES string of the molecule is C[C@]12CCc3occc3[C@@H]1CC[C@@]13C[C@@H](CC[C@H]12)[C@@](O)(CO)C3. The van der Waals surface area contributed by atoms with E-state index in [9.17, 15) is 10.2 Å². The van der Waals surface area contributed by atoms with Crippen LogP contribution in [0, 0.1) is 22.7 Å². The summed E-state index contributed by atoms with van der Waals surface area (Å²) in [5.41, 5.74) is 1.26. The van der Waals surface area contributed by atoms with Gasteiger partial charge in [-0.2, -0.15) is 0 Å². The first-order chi connectivity index (χ1) is 11.0. The molecule has 5 rings (SSSR count). The lowest BCUT2D eigenvalue weighted by atomic mass is 9.45. The molecule has 3 fully saturated rings. The van der Waals surface area contributed by atoms with Crippen molar-refractivity contribution >= 4 is 0 Å². The van der Waals surface area contributed by atoms with E-state index in [2.05, 4.69) is 13.0 Å². The van der Waals surface area contributed by atoms with E-state index < -0.39 is 5.60 Å². The van der Waals surface area contributed by atoms with Crippen molar-refractivity contribution in [3.8, 4) is 0 Å². The summed E-state index contributed by atoms with van der Waals surface area (Å²) in [5, 5.41) is 20.7. The molecule has 3 heteroatoms. The Kier molecular flexibility index (Phi) is 2.80. The largest absolute Gasteiger partial charge is 0.469 e. The number of hydrogen-bond donors (Lipinski definition) is 2. The van der Waals surface area contributed by atoms with Gasteiger partial charge < -0.3 is 14.6 Å². The molecule has 1 aromatic rings. The van der Waals surface area contributed by atoms with Crippen LogP contribution in [0.25, 0.3) is 0 Å². The molecule has 3 saturated carbocycles. The molecule has 0 amide bonds. The fraction of sp³-hybridized carbons (Fsp3) is 0.800. The number of furan rings is 1. The van der Waals surface area contributed by atoms with E-state index in [1.54, 1.807) is 0 Å². The Balaban J connectivity index is 1.56. The van der Waals surface area contributed by atoms with Crippen molar-refractivity contribution in [2.24, 2.45) is 22.7 Å². The third kappa shape index (κ3) is 1.68. The molecule has 1 spiro atoms. The van der Waals surface area contributed by atoms with Crippen molar-refractivity contribution in [3.05, 3.63) is 23.7 Å². The maximum Gasteiger partial charge on any atom is 0.107 e. The highest BCUT2D eigenvalue weighted by atomic mass is 16.3. The molecule has 0 aliphatic heterocycles. The standard InChI is InChI=1S/C20H28O3/c1-18-7-5-16-14(6-9-23-16)15(18)4-8-19-10-13(2-3-17(18)19)20(22,11-19)12-21/h6,9,13,15,17,21-22H,2-5,7-8,10-12H2,1H3/t13-,15+,17+,18+,19+,20+/m1/s1. The van der Waals surface area contributed by atoms with Gasteiger partial charge in [0.25, 0.3) is 0 Å². The zero-order valence-corrected chi connectivity index (χ0v) is 14.1. The molecule has 0 aromatic carbocycles. The summed E-state index contributed by atoms with van der Waals surface area (Å²) >= 11 is 0. The Hall–Kier alpha value is -0.800. The third-order valence-electron chi connectivity index (χ3n) is 8.46. The highest BCUT2D eigenvalue weighted by Gasteiger charge is 2.65. The Bertz CT molecular complexity index is 637. The van der Waals surface area contributed by atoms with Crippen LogP contribution in [-0.4, -0.2) is 22.4 Å². The van der Waals surface area contributed by atoms with Crippen LogP contribution in [-0.2, 0) is 6.42 Å². The molecule has 0 unspecified atom stereocenters. The van der Waals surface area contributed by atoms with Crippen LogP contribution in [0.4, 0.5) is 0 Å². The molecule has 2 bridgehead atoms. The molecule has 4 aliphatic carbocycles. The lowest BCUT2D eigenvalue weighted by Crippen LogP contribution is -2.51. The van der Waals surface area contributed by atoms with E-state index >= 15 is 0 Å². The first-order valence-electron chi connectivity index (χ1n) is 9.40. The van der Waals surface area contributed by atoms with Gasteiger partial charge in [0, 0.05) is 6.42 Å². The minimum absolute atomic E-state index is 0.0574. The number of fused-ring (bicyclic) bond motifs is 5. The van der Waals surface area contributed by atoms with Gasteiger partial charge in [0.15, 0.2) is 0 Å². The maximum absolute atomic E-state index is 10.9. The fourth-order valence-corrected chi connectivity index (χ4v) is 7.51. The van der Waals surface area contributed by atoms with E-state index in [0.29, 0.717) is 23.2 Å². The predicted molar refractivity (Wildman–Crippen MR) is 87.0 cm³/mol. The van der Waals surface area contributed by atoms with Crippen molar-refractivity contribution in [2.45, 2.75) is 69.8 Å². The zero-order chi connectivity index (χ0) is 15.9. The lowest BCUT2D eigenvalue weighted by molar-refractivity contribution is -0.0727. The fourth-order valence-electron chi connectivity index (χ4n) is 7.51. The Labute approximate surface area is 138 Å². The van der Waals surface area contributed by atoms with Crippen LogP contribution in [0.5, 0.6) is 0 Å². The monoisotopic (exact) mass is 316 g/mol. The highest BCUT2D eigenvalue weighted by molar-refractivity contribution is 5.31. The van der Waals surface area contributed by atoms with E-state index in [4.69, 9.17) is 4.42 Å². The average Bonchev–Trinajstić information content (AvgIpc) is 3.09. The predicted octanol–water partition coefficient (Wildman–Crippen LogP) is 3.64. The Morgan fingerprint density at radius 1 is 1.26 bits per heavy atom. The minimum Gasteiger partial charge on any atom is -0.469 e. The Morgan fingerprint density at radius 3 is 2.96 bits per heavy atom. The number of aryl methyl sites for hydroxylation is 1. The number of rotatable bonds is 1. The molecule has 0 saturated heterocycles. The molecule has 0 radical (unpaired) electrons. The van der Waals surface area contributed by atoms with Crippen LogP contribution < -0.4 is 0 Å². The van der Waals surface area contributed by atoms with Gasteiger partial charge in [-0.3, -0.25) is 0 Å². The third-order valence-corrected chi connectivity index (χ3v) is 8.46. The summed E-state index contributed by atoms with van der Waals surface area (Å²) in [5.74, 6) is 2.85. The van der Waals surface area contributed by atoms with Crippen molar-refractivity contribution in [1.82, 2.24) is 0 Å². The van der Waals surface area contributed by atoms with Gasteiger partial charge in [-0.25, -0.2) is 0 Å². The second-order valence-electron chi connectivity index (χ2n) is 9.23. The van der Waals surface area contributed by atoms with Gasteiger partial charge in [0.05, 0.1) is 18.5 Å².